The van der Waals surface area contributed by atoms with E-state index in [4.69, 9.17) is 11.5 Å². The molecule has 30 heavy (non-hydrogen) atoms. The minimum Gasteiger partial charge on any atom is -0.369 e. The van der Waals surface area contributed by atoms with Crippen LogP contribution in [0.25, 0.3) is 21.7 Å². The number of nitrogens with zero attached hydrogens (tertiary/aromatic N) is 3. The second kappa shape index (κ2) is 7.27. The molecule has 0 fully saturated rings. The van der Waals surface area contributed by atoms with E-state index in [0.717, 1.165) is 14.7 Å². The molecule has 152 valence electrons. The maximum Gasteiger partial charge on any atom is 0.268 e. The topological polar surface area (TPSA) is 116 Å². The van der Waals surface area contributed by atoms with Crippen LogP contribution in [0.5, 0.6) is 0 Å². The Morgan fingerprint density at radius 2 is 1.70 bits per heavy atom. The summed E-state index contributed by atoms with van der Waals surface area (Å²) in [5, 5.41) is 9.75. The fourth-order valence-electron chi connectivity index (χ4n) is 3.29. The Morgan fingerprint density at radius 3 is 2.43 bits per heavy atom. The third-order valence-electron chi connectivity index (χ3n) is 4.72. The molecule has 3 aromatic carbocycles. The van der Waals surface area contributed by atoms with Crippen LogP contribution >= 0.6 is 0 Å². The van der Waals surface area contributed by atoms with Crippen molar-refractivity contribution >= 4 is 43.4 Å². The fourth-order valence-corrected chi connectivity index (χ4v) is 4.68. The van der Waals surface area contributed by atoms with Gasteiger partial charge < -0.3 is 11.5 Å². The van der Waals surface area contributed by atoms with E-state index in [1.807, 2.05) is 24.3 Å². The van der Waals surface area contributed by atoms with Crippen LogP contribution in [0, 0.1) is 5.82 Å². The molecule has 7 nitrogen and oxygen atoms in total. The highest BCUT2D eigenvalue weighted by Crippen LogP contribution is 2.29. The van der Waals surface area contributed by atoms with Crippen LogP contribution in [0.4, 0.5) is 4.39 Å². The Kier molecular flexibility index (Phi) is 4.75. The van der Waals surface area contributed by atoms with Gasteiger partial charge in [0.2, 0.25) is 5.96 Å². The Morgan fingerprint density at radius 1 is 0.967 bits per heavy atom. The number of hydrogen-bond acceptors (Lipinski definition) is 4. The summed E-state index contributed by atoms with van der Waals surface area (Å²) in [7, 11) is -4.01. The molecule has 0 radical (unpaired) electrons. The monoisotopic (exact) mass is 423 g/mol. The normalized spacial score (nSPS) is 12.4. The maximum atomic E-state index is 14.0. The van der Waals surface area contributed by atoms with Crippen molar-refractivity contribution in [3.8, 4) is 0 Å². The smallest absolute Gasteiger partial charge is 0.268 e. The first-order valence-corrected chi connectivity index (χ1v) is 10.4. The maximum absolute atomic E-state index is 14.0. The van der Waals surface area contributed by atoms with Gasteiger partial charge in [-0.05, 0) is 48.0 Å². The zero-order valence-corrected chi connectivity index (χ0v) is 16.8. The van der Waals surface area contributed by atoms with E-state index in [1.165, 1.54) is 30.5 Å². The number of halogens is 1. The number of fused-ring (bicyclic) bond motifs is 2. The zero-order valence-electron chi connectivity index (χ0n) is 15.9. The van der Waals surface area contributed by atoms with Crippen molar-refractivity contribution in [3.63, 3.8) is 0 Å². The third kappa shape index (κ3) is 3.39. The summed E-state index contributed by atoms with van der Waals surface area (Å²) in [6, 6.07) is 16.2. The van der Waals surface area contributed by atoms with Gasteiger partial charge in [0.05, 0.1) is 16.1 Å². The minimum atomic E-state index is -4.01. The lowest BCUT2D eigenvalue weighted by Crippen LogP contribution is -2.22. The molecule has 0 spiro atoms. The summed E-state index contributed by atoms with van der Waals surface area (Å²) in [5.74, 6) is -0.783. The average Bonchev–Trinajstić information content (AvgIpc) is 3.11. The van der Waals surface area contributed by atoms with Crippen LogP contribution in [0.2, 0.25) is 0 Å². The summed E-state index contributed by atoms with van der Waals surface area (Å²) >= 11 is 0. The van der Waals surface area contributed by atoms with Crippen molar-refractivity contribution in [1.29, 1.82) is 0 Å². The standard InChI is InChI=1S/C21H18FN5O2S/c1-13(25-26-21(23)24)19-12-27(20-11-16(22)7-9-18(19)20)30(28,29)17-8-6-14-4-2-3-5-15(14)10-17/h2-12H,1H3,(H4,23,24,26)/b25-13-. The predicted octanol–water partition coefficient (Wildman–Crippen LogP) is 3.17. The number of guanidine groups is 1. The predicted molar refractivity (Wildman–Crippen MR) is 116 cm³/mol. The van der Waals surface area contributed by atoms with Gasteiger partial charge in [-0.2, -0.15) is 5.10 Å². The fraction of sp³-hybridized carbons (Fsp3) is 0.0476. The molecule has 0 saturated carbocycles. The Hall–Kier alpha value is -3.72. The molecular weight excluding hydrogens is 405 g/mol. The van der Waals surface area contributed by atoms with E-state index in [0.29, 0.717) is 16.7 Å². The van der Waals surface area contributed by atoms with Crippen LogP contribution in [0.3, 0.4) is 0 Å². The summed E-state index contributed by atoms with van der Waals surface area (Å²) < 4.78 is 41.9. The van der Waals surface area contributed by atoms with Crippen molar-refractivity contribution < 1.29 is 12.8 Å². The Balaban J connectivity index is 1.96. The Labute approximate surface area is 172 Å². The second-order valence-electron chi connectivity index (χ2n) is 6.72. The van der Waals surface area contributed by atoms with Gasteiger partial charge in [0.1, 0.15) is 5.82 Å². The molecule has 1 aromatic heterocycles. The number of aromatic nitrogens is 1. The molecule has 0 saturated heterocycles. The van der Waals surface area contributed by atoms with Crippen LogP contribution in [0.15, 0.2) is 82.0 Å². The highest BCUT2D eigenvalue weighted by molar-refractivity contribution is 7.90. The van der Waals surface area contributed by atoms with Gasteiger partial charge in [-0.15, -0.1) is 5.10 Å². The highest BCUT2D eigenvalue weighted by atomic mass is 32.2. The first-order chi connectivity index (χ1) is 14.3. The van der Waals surface area contributed by atoms with E-state index < -0.39 is 15.8 Å². The lowest BCUT2D eigenvalue weighted by molar-refractivity contribution is 0.589. The van der Waals surface area contributed by atoms with Crippen molar-refractivity contribution in [2.45, 2.75) is 11.8 Å². The van der Waals surface area contributed by atoms with E-state index in [1.54, 1.807) is 19.1 Å². The molecule has 0 atom stereocenters. The lowest BCUT2D eigenvalue weighted by atomic mass is 10.1. The van der Waals surface area contributed by atoms with Gasteiger partial charge in [0, 0.05) is 17.1 Å². The molecule has 4 N–H and O–H groups in total. The van der Waals surface area contributed by atoms with Crippen LogP contribution in [-0.2, 0) is 10.0 Å². The van der Waals surface area contributed by atoms with E-state index in [9.17, 15) is 12.8 Å². The first-order valence-electron chi connectivity index (χ1n) is 8.96. The molecule has 0 amide bonds. The molecule has 0 bridgehead atoms. The van der Waals surface area contributed by atoms with Crippen molar-refractivity contribution in [2.24, 2.45) is 21.7 Å². The Bertz CT molecular complexity index is 1450. The van der Waals surface area contributed by atoms with Crippen molar-refractivity contribution in [3.05, 3.63) is 78.2 Å². The first kappa shape index (κ1) is 19.6. The number of nitrogens with two attached hydrogens (primary N) is 2. The van der Waals surface area contributed by atoms with E-state index in [-0.39, 0.29) is 16.4 Å². The van der Waals surface area contributed by atoms with Crippen LogP contribution in [0.1, 0.15) is 12.5 Å². The van der Waals surface area contributed by atoms with Gasteiger partial charge >= 0.3 is 0 Å². The number of benzene rings is 3. The van der Waals surface area contributed by atoms with Gasteiger partial charge in [0.15, 0.2) is 0 Å². The highest BCUT2D eigenvalue weighted by Gasteiger charge is 2.23. The molecule has 4 rings (SSSR count). The second-order valence-corrected chi connectivity index (χ2v) is 8.54. The molecule has 4 aromatic rings. The van der Waals surface area contributed by atoms with E-state index >= 15 is 0 Å². The van der Waals surface area contributed by atoms with Crippen molar-refractivity contribution in [2.75, 3.05) is 0 Å². The molecule has 0 aliphatic carbocycles. The van der Waals surface area contributed by atoms with Crippen LogP contribution in [-0.4, -0.2) is 24.1 Å². The molecule has 1 heterocycles. The van der Waals surface area contributed by atoms with E-state index in [2.05, 4.69) is 10.2 Å². The SMILES string of the molecule is C/C(=N/N=C(N)N)c1cn(S(=O)(=O)c2ccc3ccccc3c2)c2cc(F)ccc12. The molecular formula is C21H18FN5O2S. The summed E-state index contributed by atoms with van der Waals surface area (Å²) in [6.07, 6.45) is 1.40. The number of hydrogen-bond donors (Lipinski definition) is 2. The number of rotatable bonds is 4. The molecule has 0 aliphatic heterocycles. The molecule has 0 unspecified atom stereocenters. The molecule has 9 heteroatoms. The van der Waals surface area contributed by atoms with Gasteiger partial charge in [0.25, 0.3) is 10.0 Å². The van der Waals surface area contributed by atoms with Crippen LogP contribution < -0.4 is 11.5 Å². The summed E-state index contributed by atoms with van der Waals surface area (Å²) in [5.41, 5.74) is 11.7. The molecule has 0 aliphatic rings. The van der Waals surface area contributed by atoms with Crippen molar-refractivity contribution in [1.82, 2.24) is 3.97 Å². The zero-order chi connectivity index (χ0) is 21.5. The largest absolute Gasteiger partial charge is 0.369 e. The summed E-state index contributed by atoms with van der Waals surface area (Å²) in [6.45, 7) is 1.64. The quantitative estimate of drug-likeness (QED) is 0.298. The third-order valence-corrected chi connectivity index (χ3v) is 6.39. The van der Waals surface area contributed by atoms with Gasteiger partial charge in [-0.25, -0.2) is 16.8 Å². The minimum absolute atomic E-state index is 0.0905. The average molecular weight is 423 g/mol. The van der Waals surface area contributed by atoms with Gasteiger partial charge in [-0.1, -0.05) is 30.3 Å². The summed E-state index contributed by atoms with van der Waals surface area (Å²) in [4.78, 5) is 0.0905. The lowest BCUT2D eigenvalue weighted by Gasteiger charge is -2.09. The van der Waals surface area contributed by atoms with Gasteiger partial charge in [-0.3, -0.25) is 0 Å².